The fraction of sp³-hybridized carbons (Fsp3) is 0.374. The monoisotopic (exact) mass is 2060 g/mol. The number of aliphatic hydroxyl groups is 3. The van der Waals surface area contributed by atoms with Gasteiger partial charge >= 0.3 is 0 Å². The van der Waals surface area contributed by atoms with Crippen molar-refractivity contribution in [2.75, 3.05) is 79.5 Å². The number of nitrogens with zero attached hydrogens (tertiary/aromatic N) is 12. The molecule has 4 aromatic heterocycles. The highest BCUT2D eigenvalue weighted by Gasteiger charge is 2.38. The number of benzene rings is 8. The molecule has 6 amide bonds. The van der Waals surface area contributed by atoms with Crippen LogP contribution in [-0.4, -0.2) is 229 Å². The molecule has 0 spiro atoms. The van der Waals surface area contributed by atoms with Gasteiger partial charge in [-0.1, -0.05) is 189 Å². The van der Waals surface area contributed by atoms with Gasteiger partial charge in [0.1, 0.15) is 4.21 Å². The minimum Gasteiger partial charge on any atom is -0.412 e. The molecular weight excluding hydrogens is 1930 g/mol. The van der Waals surface area contributed by atoms with Gasteiger partial charge in [0.2, 0.25) is 10.0 Å². The van der Waals surface area contributed by atoms with Crippen LogP contribution in [0.25, 0.3) is 17.1 Å². The quantitative estimate of drug-likeness (QED) is 0.0208. The van der Waals surface area contributed by atoms with Gasteiger partial charge in [0.25, 0.3) is 45.5 Å². The van der Waals surface area contributed by atoms with Crippen molar-refractivity contribution in [3.63, 3.8) is 0 Å². The Balaban J connectivity index is 0.000000206. The lowest BCUT2D eigenvalue weighted by molar-refractivity contribution is 0.0539. The van der Waals surface area contributed by atoms with E-state index in [4.69, 9.17) is 10.2 Å². The Morgan fingerprint density at radius 3 is 1.03 bits per heavy atom. The van der Waals surface area contributed by atoms with E-state index in [-0.39, 0.29) is 117 Å². The van der Waals surface area contributed by atoms with Gasteiger partial charge in [-0.2, -0.15) is 15.3 Å². The molecule has 12 aromatic rings. The molecule has 0 saturated carbocycles. The normalized spacial score (nSPS) is 14.6. The standard InChI is InChI=1S/C40H45N5O5S3.C36H43N5O5S.C31H41N5O5S.2H2O/c1-4-6-19-43(20-7-5-2)40(48)36-21-28(3)45(41-36)37-18-17-31(42-53(50)38-24-34(27-51-38)52(49)33-15-9-8-10-16-33)23-35(37)39(47)44-25-30-14-12-11-13-29(30)22-32(44)26-46;1-4-6-19-39(20-7-5-2)36(44)33-21-26(3)41(37-33)34-18-17-29(38-47(45,46)31-15-9-8-10-16-31)23-32(34)35(43)40-24-28-14-12-11-13-27(28)22-30(40)25-42;1-5-7-15-34(16-8-6-2)31(39)28-17-22(3)36(32-28)29-14-13-25(33-42(4,40)41)19-27(29)30(38)35-20-24-12-10-9-11-23(24)18-26(35)21-37;;/h8-18,21,23-24,27,32,42,46H,4-7,19-20,22,25-26H2,1-3H3;8-18,21,23,30,38,42H,4-7,19-20,22,24-25H2,1-3H3;9-14,17,19,26,33,37H,5-8,15-16,18,20-21H2,1-4H3;2*1H2/t32-,52?,53?;30-;26-;;/m000../s1. The predicted octanol–water partition coefficient (Wildman–Crippen LogP) is 15.2. The van der Waals surface area contributed by atoms with Gasteiger partial charge in [-0.25, -0.2) is 39.3 Å². The average molecular weight is 2060 g/mol. The molecule has 7 heterocycles. The van der Waals surface area contributed by atoms with E-state index in [9.17, 15) is 69.3 Å². The number of rotatable bonds is 40. The number of aliphatic hydroxyl groups excluding tert-OH is 3. The zero-order valence-corrected chi connectivity index (χ0v) is 87.3. The molecule has 3 aliphatic rings. The largest absolute Gasteiger partial charge is 0.412 e. The second-order valence-electron chi connectivity index (χ2n) is 36.0. The summed E-state index contributed by atoms with van der Waals surface area (Å²) in [6.45, 7) is 22.1. The van der Waals surface area contributed by atoms with Crippen molar-refractivity contribution in [3.8, 4) is 17.1 Å². The molecule has 5 atom stereocenters. The van der Waals surface area contributed by atoms with Crippen molar-refractivity contribution >= 4 is 106 Å². The number of carbonyl (C=O) groups is 6. The second kappa shape index (κ2) is 52.2. The number of unbranched alkanes of at least 4 members (excludes halogenated alkanes) is 6. The smallest absolute Gasteiger partial charge is 0.274 e. The highest BCUT2D eigenvalue weighted by Crippen LogP contribution is 2.36. The van der Waals surface area contributed by atoms with Crippen molar-refractivity contribution in [2.45, 2.75) is 215 Å². The number of hydrogen-bond acceptors (Lipinski definition) is 19. The molecule has 0 radical (unpaired) electrons. The summed E-state index contributed by atoms with van der Waals surface area (Å²) < 4.78 is 90.6. The Bertz CT molecular complexity index is 6710. The maximum Gasteiger partial charge on any atom is 0.274 e. The van der Waals surface area contributed by atoms with Crippen molar-refractivity contribution in [1.29, 1.82) is 0 Å². The number of sulfonamides is 2. The molecule has 0 bridgehead atoms. The highest BCUT2D eigenvalue weighted by molar-refractivity contribution is 7.93. The molecule has 37 heteroatoms. The molecule has 768 valence electrons. The lowest BCUT2D eigenvalue weighted by atomic mass is 9.93. The van der Waals surface area contributed by atoms with Gasteiger partial charge in [-0.3, -0.25) is 38.2 Å². The number of aromatic nitrogens is 6. The molecule has 2 unspecified atom stereocenters. The first kappa shape index (κ1) is 112. The predicted molar refractivity (Wildman–Crippen MR) is 563 cm³/mol. The summed E-state index contributed by atoms with van der Waals surface area (Å²) in [4.78, 5) is 96.0. The SMILES string of the molecule is CCCCN(CCCC)C(=O)c1cc(C)n(-c2ccc(NS(=O)(=O)c3ccccc3)cc2C(=O)N2Cc3ccccc3C[C@H]2CO)n1.CCCCN(CCCC)C(=O)c1cc(C)n(-c2ccc(NS(=O)c3cc(S(=O)c4ccccc4)cs3)cc2C(=O)N2Cc3ccccc3C[C@H]2CO)n1.CCCCN(CCCC)C(=O)c1cc(C)n(-c2ccc(NS(C)(=O)=O)cc2C(=O)N2Cc3ccccc3C[C@H]2CO)n1.O.O. The third-order valence-electron chi connectivity index (χ3n) is 25.4. The number of aryl methyl sites for hydroxylation is 3. The molecule has 0 fully saturated rings. The van der Waals surface area contributed by atoms with Gasteiger partial charge < -0.3 is 60.4 Å². The average Bonchev–Trinajstić information content (AvgIpc) is 1.77. The van der Waals surface area contributed by atoms with Crippen LogP contribution in [0, 0.1) is 20.8 Å². The lowest BCUT2D eigenvalue weighted by Gasteiger charge is -2.36. The van der Waals surface area contributed by atoms with E-state index in [0.29, 0.717) is 131 Å². The van der Waals surface area contributed by atoms with Crippen molar-refractivity contribution in [2.24, 2.45) is 0 Å². The molecule has 8 aromatic carbocycles. The van der Waals surface area contributed by atoms with Gasteiger partial charge in [0, 0.05) is 103 Å². The zero-order chi connectivity index (χ0) is 101. The van der Waals surface area contributed by atoms with Crippen molar-refractivity contribution in [3.05, 3.63) is 302 Å². The van der Waals surface area contributed by atoms with Crippen LogP contribution in [0.3, 0.4) is 0 Å². The van der Waals surface area contributed by atoms with Crippen LogP contribution in [-0.2, 0) is 80.7 Å². The Morgan fingerprint density at radius 1 is 0.396 bits per heavy atom. The first-order valence-corrected chi connectivity index (χ1v) is 55.3. The van der Waals surface area contributed by atoms with Gasteiger partial charge in [0.05, 0.1) is 98.5 Å². The van der Waals surface area contributed by atoms with Crippen LogP contribution in [0.2, 0.25) is 0 Å². The molecule has 10 N–H and O–H groups in total. The minimum absolute atomic E-state index is 0. The van der Waals surface area contributed by atoms with E-state index in [2.05, 4.69) is 60.8 Å². The summed E-state index contributed by atoms with van der Waals surface area (Å²) in [5, 5.41) is 46.8. The minimum atomic E-state index is -3.94. The first-order valence-electron chi connectivity index (χ1n) is 48.7. The molecule has 144 heavy (non-hydrogen) atoms. The van der Waals surface area contributed by atoms with E-state index in [1.807, 2.05) is 126 Å². The number of carbonyl (C=O) groups excluding carboxylic acids is 6. The molecule has 15 rings (SSSR count). The summed E-state index contributed by atoms with van der Waals surface area (Å²) >= 11 is 1.24. The van der Waals surface area contributed by atoms with Crippen LogP contribution < -0.4 is 14.2 Å². The maximum atomic E-state index is 14.7. The summed E-state index contributed by atoms with van der Waals surface area (Å²) in [5.41, 5.74) is 11.9. The van der Waals surface area contributed by atoms with Gasteiger partial charge in [-0.15, -0.1) is 11.3 Å². The third kappa shape index (κ3) is 27.5. The Kier molecular flexibility index (Phi) is 40.5. The maximum absolute atomic E-state index is 14.7. The fourth-order valence-electron chi connectivity index (χ4n) is 17.6. The Morgan fingerprint density at radius 2 is 0.701 bits per heavy atom. The van der Waals surface area contributed by atoms with Crippen LogP contribution in [0.1, 0.15) is 232 Å². The molecule has 32 nitrogen and oxygen atoms in total. The lowest BCUT2D eigenvalue weighted by Crippen LogP contribution is -2.46. The van der Waals surface area contributed by atoms with Crippen LogP contribution in [0.5, 0.6) is 0 Å². The van der Waals surface area contributed by atoms with Crippen LogP contribution in [0.15, 0.2) is 237 Å². The number of fused-ring (bicyclic) bond motifs is 3. The summed E-state index contributed by atoms with van der Waals surface area (Å²) in [5.74, 6) is -1.55. The van der Waals surface area contributed by atoms with Crippen molar-refractivity contribution < 1.29 is 80.3 Å². The van der Waals surface area contributed by atoms with E-state index in [0.717, 1.165) is 117 Å². The van der Waals surface area contributed by atoms with E-state index < -0.39 is 60.0 Å². The summed E-state index contributed by atoms with van der Waals surface area (Å²) in [6.07, 6.45) is 13.7. The fourth-order valence-corrected chi connectivity index (χ4v) is 22.6. The second-order valence-corrected chi connectivity index (χ2v) is 43.3. The van der Waals surface area contributed by atoms with E-state index in [1.165, 1.54) is 35.6 Å². The Labute approximate surface area is 852 Å². The number of thiophene rings is 1. The summed E-state index contributed by atoms with van der Waals surface area (Å²) in [7, 11) is -10.7. The first-order chi connectivity index (χ1) is 68.4. The Hall–Kier alpha value is -12.7. The number of anilines is 3. The van der Waals surface area contributed by atoms with Crippen molar-refractivity contribution in [1.82, 2.24) is 58.7 Å². The van der Waals surface area contributed by atoms with Gasteiger partial charge in [0.15, 0.2) is 28.1 Å². The zero-order valence-electron chi connectivity index (χ0n) is 83.3. The molecule has 0 aliphatic carbocycles. The summed E-state index contributed by atoms with van der Waals surface area (Å²) in [6, 6.07) is 60.7. The topological polar surface area (TPSA) is 438 Å². The van der Waals surface area contributed by atoms with E-state index >= 15 is 0 Å². The van der Waals surface area contributed by atoms with Crippen LogP contribution >= 0.6 is 11.3 Å². The third-order valence-corrected chi connectivity index (χ3v) is 31.3. The number of amides is 6. The highest BCUT2D eigenvalue weighted by atomic mass is 32.2. The molecular formula is C107H133N15O17S5. The molecule has 3 aliphatic heterocycles. The van der Waals surface area contributed by atoms with Crippen LogP contribution in [0.4, 0.5) is 17.1 Å². The van der Waals surface area contributed by atoms with Gasteiger partial charge in [-0.05, 0) is 215 Å². The van der Waals surface area contributed by atoms with E-state index in [1.54, 1.807) is 131 Å². The molecule has 0 saturated heterocycles. The number of hydrogen-bond donors (Lipinski definition) is 6. The number of nitrogens with one attached hydrogen (secondary N) is 3.